The van der Waals surface area contributed by atoms with Crippen LogP contribution in [0.3, 0.4) is 0 Å². The number of fused-ring (bicyclic) bond motifs is 1. The first-order valence-electron chi connectivity index (χ1n) is 7.26. The maximum Gasteiger partial charge on any atom is 0.310 e. The number of carboxylic acids is 1. The van der Waals surface area contributed by atoms with Crippen LogP contribution in [-0.4, -0.2) is 26.9 Å². The van der Waals surface area contributed by atoms with Gasteiger partial charge in [0.2, 0.25) is 5.78 Å². The molecule has 1 unspecified atom stereocenters. The Balaban J connectivity index is 2.24. The van der Waals surface area contributed by atoms with Gasteiger partial charge in [-0.25, -0.2) is 0 Å². The summed E-state index contributed by atoms with van der Waals surface area (Å²) >= 11 is 5.99. The second-order valence-corrected chi connectivity index (χ2v) is 5.98. The average Bonchev–Trinajstić information content (AvgIpc) is 2.91. The molecule has 0 aliphatic heterocycles. The molecule has 6 heteroatoms. The Hall–Kier alpha value is -2.79. The Kier molecular flexibility index (Phi) is 4.03. The van der Waals surface area contributed by atoms with E-state index in [2.05, 4.69) is 4.98 Å². The Bertz CT molecular complexity index is 961. The van der Waals surface area contributed by atoms with Crippen LogP contribution in [0, 0.1) is 0 Å². The van der Waals surface area contributed by atoms with Gasteiger partial charge in [-0.2, -0.15) is 0 Å². The molecule has 0 aliphatic rings. The third kappa shape index (κ3) is 2.74. The summed E-state index contributed by atoms with van der Waals surface area (Å²) in [5, 5.41) is 20.1. The Morgan fingerprint density at radius 1 is 1.17 bits per heavy atom. The van der Waals surface area contributed by atoms with Crippen LogP contribution in [0.5, 0.6) is 5.75 Å². The molecular weight excluding hydrogens is 330 g/mol. The van der Waals surface area contributed by atoms with E-state index < -0.39 is 11.9 Å². The summed E-state index contributed by atoms with van der Waals surface area (Å²) in [6.45, 7) is 1.53. The maximum atomic E-state index is 12.8. The van der Waals surface area contributed by atoms with Crippen LogP contribution in [-0.2, 0) is 4.79 Å². The predicted octanol–water partition coefficient (Wildman–Crippen LogP) is 3.95. The summed E-state index contributed by atoms with van der Waals surface area (Å²) in [5.41, 5.74) is 1.45. The van der Waals surface area contributed by atoms with Crippen LogP contribution < -0.4 is 0 Å². The number of H-pyrrole nitrogens is 1. The molecule has 1 heterocycles. The first kappa shape index (κ1) is 16.1. The lowest BCUT2D eigenvalue weighted by atomic mass is 9.94. The number of aliphatic carboxylic acids is 1. The number of aromatic hydroxyl groups is 1. The maximum absolute atomic E-state index is 12.8. The lowest BCUT2D eigenvalue weighted by molar-refractivity contribution is -0.138. The third-order valence-corrected chi connectivity index (χ3v) is 4.17. The van der Waals surface area contributed by atoms with E-state index in [0.29, 0.717) is 21.5 Å². The number of carbonyl (C=O) groups is 2. The van der Waals surface area contributed by atoms with E-state index in [1.807, 2.05) is 0 Å². The van der Waals surface area contributed by atoms with Crippen LogP contribution in [0.15, 0.2) is 42.5 Å². The second-order valence-electron chi connectivity index (χ2n) is 5.54. The molecule has 1 atom stereocenters. The van der Waals surface area contributed by atoms with E-state index in [9.17, 15) is 19.8 Å². The first-order chi connectivity index (χ1) is 11.4. The fourth-order valence-electron chi connectivity index (χ4n) is 2.74. The molecule has 0 saturated carbocycles. The highest BCUT2D eigenvalue weighted by Crippen LogP contribution is 2.32. The number of phenols is 1. The number of aromatic amines is 1. The van der Waals surface area contributed by atoms with E-state index >= 15 is 0 Å². The number of hydrogen-bond donors (Lipinski definition) is 3. The normalized spacial score (nSPS) is 12.2. The average molecular weight is 344 g/mol. The fourth-order valence-corrected chi connectivity index (χ4v) is 2.91. The Morgan fingerprint density at radius 3 is 2.58 bits per heavy atom. The third-order valence-electron chi connectivity index (χ3n) is 3.94. The minimum Gasteiger partial charge on any atom is -0.508 e. The predicted molar refractivity (Wildman–Crippen MR) is 90.9 cm³/mol. The van der Waals surface area contributed by atoms with E-state index in [-0.39, 0.29) is 22.8 Å². The molecule has 24 heavy (non-hydrogen) atoms. The molecule has 0 fully saturated rings. The van der Waals surface area contributed by atoms with Crippen molar-refractivity contribution in [2.75, 3.05) is 0 Å². The van der Waals surface area contributed by atoms with Crippen molar-refractivity contribution in [1.82, 2.24) is 4.98 Å². The number of aromatic nitrogens is 1. The van der Waals surface area contributed by atoms with Crippen molar-refractivity contribution in [3.63, 3.8) is 0 Å². The van der Waals surface area contributed by atoms with E-state index in [0.717, 1.165) is 0 Å². The molecule has 0 radical (unpaired) electrons. The number of carbonyl (C=O) groups excluding carboxylic acids is 1. The van der Waals surface area contributed by atoms with E-state index in [1.54, 1.807) is 30.3 Å². The molecule has 0 saturated heterocycles. The summed E-state index contributed by atoms with van der Waals surface area (Å²) in [6, 6.07) is 10.9. The lowest BCUT2D eigenvalue weighted by Crippen LogP contribution is -2.12. The van der Waals surface area contributed by atoms with Gasteiger partial charge in [-0.15, -0.1) is 0 Å². The molecule has 122 valence electrons. The van der Waals surface area contributed by atoms with Gasteiger partial charge in [-0.05, 0) is 31.2 Å². The summed E-state index contributed by atoms with van der Waals surface area (Å²) in [7, 11) is 0. The van der Waals surface area contributed by atoms with Gasteiger partial charge >= 0.3 is 5.97 Å². The molecule has 1 aromatic heterocycles. The molecule has 3 N–H and O–H groups in total. The summed E-state index contributed by atoms with van der Waals surface area (Å²) < 4.78 is 0. The van der Waals surface area contributed by atoms with Gasteiger partial charge in [-0.1, -0.05) is 29.8 Å². The van der Waals surface area contributed by atoms with E-state index in [4.69, 9.17) is 11.6 Å². The number of halogens is 1. The quantitative estimate of drug-likeness (QED) is 0.626. The number of phenolic OH excluding ortho intramolecular Hbond substituents is 1. The van der Waals surface area contributed by atoms with Crippen molar-refractivity contribution >= 4 is 34.3 Å². The number of benzene rings is 2. The minimum absolute atomic E-state index is 0.0344. The van der Waals surface area contributed by atoms with E-state index in [1.165, 1.54) is 19.1 Å². The van der Waals surface area contributed by atoms with Crippen molar-refractivity contribution in [3.8, 4) is 5.75 Å². The molecule has 3 aromatic rings. The van der Waals surface area contributed by atoms with Gasteiger partial charge in [0.1, 0.15) is 5.75 Å². The highest BCUT2D eigenvalue weighted by Gasteiger charge is 2.26. The van der Waals surface area contributed by atoms with Gasteiger partial charge in [-0.3, -0.25) is 9.59 Å². The van der Waals surface area contributed by atoms with Gasteiger partial charge in [0.25, 0.3) is 0 Å². The van der Waals surface area contributed by atoms with Crippen LogP contribution in [0.4, 0.5) is 0 Å². The zero-order chi connectivity index (χ0) is 17.4. The van der Waals surface area contributed by atoms with Gasteiger partial charge in [0.05, 0.1) is 11.6 Å². The van der Waals surface area contributed by atoms with Crippen molar-refractivity contribution in [3.05, 3.63) is 64.3 Å². The molecule has 3 rings (SSSR count). The summed E-state index contributed by atoms with van der Waals surface area (Å²) in [4.78, 5) is 27.3. The number of hydrogen-bond acceptors (Lipinski definition) is 3. The molecule has 5 nitrogen and oxygen atoms in total. The van der Waals surface area contributed by atoms with Crippen LogP contribution in [0.1, 0.15) is 34.5 Å². The van der Waals surface area contributed by atoms with Crippen LogP contribution in [0.25, 0.3) is 10.9 Å². The van der Waals surface area contributed by atoms with Gasteiger partial charge in [0.15, 0.2) is 0 Å². The summed E-state index contributed by atoms with van der Waals surface area (Å²) in [6.07, 6.45) is 0. The van der Waals surface area contributed by atoms with Crippen molar-refractivity contribution in [1.29, 1.82) is 0 Å². The number of carboxylic acid groups (broad SMARTS) is 1. The highest BCUT2D eigenvalue weighted by molar-refractivity contribution is 6.31. The smallest absolute Gasteiger partial charge is 0.310 e. The molecular formula is C18H14ClNO4. The topological polar surface area (TPSA) is 90.4 Å². The van der Waals surface area contributed by atoms with Crippen molar-refractivity contribution < 1.29 is 19.8 Å². The lowest BCUT2D eigenvalue weighted by Gasteiger charge is -2.09. The second kappa shape index (κ2) is 6.02. The number of ketones is 1. The highest BCUT2D eigenvalue weighted by atomic mass is 35.5. The van der Waals surface area contributed by atoms with Gasteiger partial charge in [0, 0.05) is 27.1 Å². The molecule has 0 spiro atoms. The van der Waals surface area contributed by atoms with Gasteiger partial charge < -0.3 is 15.2 Å². The number of nitrogens with one attached hydrogen (secondary N) is 1. The SMILES string of the molecule is CC(C(=O)O)c1c(C(=O)c2cccc(O)c2)[nH]c2cc(Cl)ccc12. The molecule has 0 amide bonds. The zero-order valence-corrected chi connectivity index (χ0v) is 13.5. The van der Waals surface area contributed by atoms with Crippen molar-refractivity contribution in [2.45, 2.75) is 12.8 Å². The summed E-state index contributed by atoms with van der Waals surface area (Å²) in [5.74, 6) is -2.33. The first-order valence-corrected chi connectivity index (χ1v) is 7.64. The molecule has 0 bridgehead atoms. The van der Waals surface area contributed by atoms with Crippen LogP contribution >= 0.6 is 11.6 Å². The Morgan fingerprint density at radius 2 is 1.92 bits per heavy atom. The van der Waals surface area contributed by atoms with Crippen molar-refractivity contribution in [2.24, 2.45) is 0 Å². The minimum atomic E-state index is -1.03. The molecule has 2 aromatic carbocycles. The Labute approximate surface area is 142 Å². The largest absolute Gasteiger partial charge is 0.508 e. The standard InChI is InChI=1S/C18H14ClNO4/c1-9(18(23)24)15-13-6-5-11(19)8-14(13)20-16(15)17(22)10-3-2-4-12(21)7-10/h2-9,20-21H,1H3,(H,23,24). The monoisotopic (exact) mass is 343 g/mol. The van der Waals surface area contributed by atoms with Crippen LogP contribution in [0.2, 0.25) is 5.02 Å². The number of rotatable bonds is 4. The zero-order valence-electron chi connectivity index (χ0n) is 12.7. The molecule has 0 aliphatic carbocycles. The fraction of sp³-hybridized carbons (Fsp3) is 0.111.